The van der Waals surface area contributed by atoms with E-state index in [2.05, 4.69) is 21.0 Å². The van der Waals surface area contributed by atoms with E-state index in [1.54, 1.807) is 7.11 Å². The summed E-state index contributed by atoms with van der Waals surface area (Å²) in [5.41, 5.74) is 1.06. The van der Waals surface area contributed by atoms with E-state index >= 15 is 0 Å². The van der Waals surface area contributed by atoms with E-state index in [9.17, 15) is 5.11 Å². The third-order valence-corrected chi connectivity index (χ3v) is 5.94. The molecule has 1 aromatic carbocycles. The van der Waals surface area contributed by atoms with Crippen LogP contribution in [0.4, 0.5) is 0 Å². The van der Waals surface area contributed by atoms with Gasteiger partial charge < -0.3 is 14.6 Å². The lowest BCUT2D eigenvalue weighted by Gasteiger charge is -2.27. The number of likely N-dealkylation sites (tertiary alicyclic amines) is 1. The average molecular weight is 388 g/mol. The van der Waals surface area contributed by atoms with Crippen molar-refractivity contribution in [2.24, 2.45) is 0 Å². The summed E-state index contributed by atoms with van der Waals surface area (Å²) >= 11 is 1.49. The topological polar surface area (TPSA) is 72.1 Å². The molecule has 0 saturated carbocycles. The molecule has 0 unspecified atom stereocenters. The van der Waals surface area contributed by atoms with Crippen molar-refractivity contribution in [2.45, 2.75) is 32.7 Å². The van der Waals surface area contributed by atoms with Crippen LogP contribution in [0.2, 0.25) is 0 Å². The van der Waals surface area contributed by atoms with Crippen molar-refractivity contribution in [1.29, 1.82) is 0 Å². The standard InChI is InChI=1S/C19H24N4O3S/c1-4-26-14-8-7-13(11-15(14)25-3)16(22-9-5-6-10-22)17-18(24)23-19(27-17)20-12(2)21-23/h7-8,11,16,24H,4-6,9-10H2,1-3H3/t16-/m1/s1. The van der Waals surface area contributed by atoms with E-state index < -0.39 is 0 Å². The molecule has 3 heterocycles. The highest BCUT2D eigenvalue weighted by molar-refractivity contribution is 7.17. The molecule has 27 heavy (non-hydrogen) atoms. The van der Waals surface area contributed by atoms with Gasteiger partial charge in [0.05, 0.1) is 24.6 Å². The van der Waals surface area contributed by atoms with Crippen molar-refractivity contribution in [3.8, 4) is 17.4 Å². The van der Waals surface area contributed by atoms with Gasteiger partial charge in [-0.15, -0.1) is 5.10 Å². The van der Waals surface area contributed by atoms with Gasteiger partial charge in [-0.1, -0.05) is 17.4 Å². The average Bonchev–Trinajstić information content (AvgIpc) is 3.37. The van der Waals surface area contributed by atoms with Crippen LogP contribution in [0, 0.1) is 6.92 Å². The molecule has 3 aromatic rings. The summed E-state index contributed by atoms with van der Waals surface area (Å²) in [6, 6.07) is 5.94. The molecule has 1 atom stereocenters. The SMILES string of the molecule is CCOc1ccc([C@H](c2sc3nc(C)nn3c2O)N2CCCC2)cc1OC. The number of rotatable bonds is 6. The number of fused-ring (bicyclic) bond motifs is 1. The molecule has 144 valence electrons. The number of aromatic hydroxyl groups is 1. The molecule has 1 aliphatic rings. The van der Waals surface area contributed by atoms with Crippen LogP contribution in [0.3, 0.4) is 0 Å². The number of benzene rings is 1. The van der Waals surface area contributed by atoms with Crippen LogP contribution in [-0.2, 0) is 0 Å². The van der Waals surface area contributed by atoms with E-state index in [0.717, 1.165) is 42.1 Å². The van der Waals surface area contributed by atoms with Gasteiger partial charge in [-0.3, -0.25) is 4.90 Å². The summed E-state index contributed by atoms with van der Waals surface area (Å²) in [6.07, 6.45) is 2.32. The van der Waals surface area contributed by atoms with Gasteiger partial charge in [-0.2, -0.15) is 4.52 Å². The van der Waals surface area contributed by atoms with Gasteiger partial charge in [-0.05, 0) is 57.5 Å². The summed E-state index contributed by atoms with van der Waals surface area (Å²) in [7, 11) is 1.65. The van der Waals surface area contributed by atoms with Gasteiger partial charge in [-0.25, -0.2) is 4.98 Å². The molecule has 8 heteroatoms. The number of aromatic nitrogens is 3. The van der Waals surface area contributed by atoms with Gasteiger partial charge in [0.1, 0.15) is 5.82 Å². The molecule has 1 aliphatic heterocycles. The molecule has 0 spiro atoms. The van der Waals surface area contributed by atoms with Gasteiger partial charge in [0.15, 0.2) is 11.5 Å². The lowest BCUT2D eigenvalue weighted by molar-refractivity contribution is 0.274. The fraction of sp³-hybridized carbons (Fsp3) is 0.474. The Morgan fingerprint density at radius 1 is 1.26 bits per heavy atom. The van der Waals surface area contributed by atoms with Crippen molar-refractivity contribution < 1.29 is 14.6 Å². The van der Waals surface area contributed by atoms with Crippen molar-refractivity contribution in [3.05, 3.63) is 34.5 Å². The normalized spacial score (nSPS) is 16.1. The summed E-state index contributed by atoms with van der Waals surface area (Å²) in [4.78, 5) is 8.38. The highest BCUT2D eigenvalue weighted by Crippen LogP contribution is 2.43. The number of hydrogen-bond acceptors (Lipinski definition) is 7. The summed E-state index contributed by atoms with van der Waals surface area (Å²) in [5, 5.41) is 15.2. The maximum Gasteiger partial charge on any atom is 0.230 e. The zero-order valence-electron chi connectivity index (χ0n) is 15.8. The summed E-state index contributed by atoms with van der Waals surface area (Å²) < 4.78 is 12.7. The van der Waals surface area contributed by atoms with Gasteiger partial charge in [0, 0.05) is 0 Å². The minimum Gasteiger partial charge on any atom is -0.493 e. The molecule has 1 saturated heterocycles. The second kappa shape index (κ2) is 7.36. The first kappa shape index (κ1) is 18.1. The Kier molecular flexibility index (Phi) is 4.92. The molecule has 1 fully saturated rings. The van der Waals surface area contributed by atoms with Crippen LogP contribution in [-0.4, -0.2) is 51.4 Å². The summed E-state index contributed by atoms with van der Waals surface area (Å²) in [5.74, 6) is 2.25. The zero-order chi connectivity index (χ0) is 19.0. The third-order valence-electron chi connectivity index (χ3n) is 4.86. The lowest BCUT2D eigenvalue weighted by Crippen LogP contribution is -2.26. The largest absolute Gasteiger partial charge is 0.493 e. The number of thiazole rings is 1. The molecule has 2 aromatic heterocycles. The second-order valence-corrected chi connectivity index (χ2v) is 7.64. The van der Waals surface area contributed by atoms with Crippen LogP contribution in [0.5, 0.6) is 17.4 Å². The van der Waals surface area contributed by atoms with Crippen LogP contribution in [0.25, 0.3) is 4.96 Å². The molecular weight excluding hydrogens is 364 g/mol. The van der Waals surface area contributed by atoms with Crippen LogP contribution < -0.4 is 9.47 Å². The maximum atomic E-state index is 10.8. The Bertz CT molecular complexity index is 946. The number of hydrogen-bond donors (Lipinski definition) is 1. The fourth-order valence-corrected chi connectivity index (χ4v) is 4.85. The second-order valence-electron chi connectivity index (χ2n) is 6.63. The van der Waals surface area contributed by atoms with E-state index in [0.29, 0.717) is 23.1 Å². The number of nitrogens with zero attached hydrogens (tertiary/aromatic N) is 4. The Morgan fingerprint density at radius 2 is 2.04 bits per heavy atom. The molecule has 1 N–H and O–H groups in total. The Hall–Kier alpha value is -2.32. The fourth-order valence-electron chi connectivity index (χ4n) is 3.68. The predicted molar refractivity (Wildman–Crippen MR) is 104 cm³/mol. The minimum atomic E-state index is -0.0640. The zero-order valence-corrected chi connectivity index (χ0v) is 16.6. The number of aryl methyl sites for hydroxylation is 1. The minimum absolute atomic E-state index is 0.0640. The molecular formula is C19H24N4O3S. The molecule has 4 rings (SSSR count). The molecule has 7 nitrogen and oxygen atoms in total. The quantitative estimate of drug-likeness (QED) is 0.698. The molecule has 0 radical (unpaired) electrons. The Morgan fingerprint density at radius 3 is 2.70 bits per heavy atom. The van der Waals surface area contributed by atoms with Crippen LogP contribution >= 0.6 is 11.3 Å². The van der Waals surface area contributed by atoms with Crippen molar-refractivity contribution in [3.63, 3.8) is 0 Å². The first-order chi connectivity index (χ1) is 13.1. The van der Waals surface area contributed by atoms with Crippen molar-refractivity contribution in [2.75, 3.05) is 26.8 Å². The highest BCUT2D eigenvalue weighted by Gasteiger charge is 2.31. The maximum absolute atomic E-state index is 10.8. The van der Waals surface area contributed by atoms with Gasteiger partial charge in [0.2, 0.25) is 10.8 Å². The van der Waals surface area contributed by atoms with E-state index in [1.165, 1.54) is 15.9 Å². The Balaban J connectivity index is 1.81. The van der Waals surface area contributed by atoms with Crippen LogP contribution in [0.15, 0.2) is 18.2 Å². The molecule has 0 aliphatic carbocycles. The van der Waals surface area contributed by atoms with Crippen molar-refractivity contribution >= 4 is 16.3 Å². The smallest absolute Gasteiger partial charge is 0.230 e. The summed E-state index contributed by atoms with van der Waals surface area (Å²) in [6.45, 7) is 6.35. The monoisotopic (exact) mass is 388 g/mol. The van der Waals surface area contributed by atoms with E-state index in [4.69, 9.17) is 9.47 Å². The molecule has 0 bridgehead atoms. The van der Waals surface area contributed by atoms with Gasteiger partial charge >= 0.3 is 0 Å². The first-order valence-electron chi connectivity index (χ1n) is 9.22. The number of ether oxygens (including phenoxy) is 2. The van der Waals surface area contributed by atoms with E-state index in [1.807, 2.05) is 26.0 Å². The predicted octanol–water partition coefficient (Wildman–Crippen LogP) is 3.40. The van der Waals surface area contributed by atoms with Gasteiger partial charge in [0.25, 0.3) is 0 Å². The Labute approximate surface area is 162 Å². The number of methoxy groups -OCH3 is 1. The van der Waals surface area contributed by atoms with E-state index in [-0.39, 0.29) is 11.9 Å². The highest BCUT2D eigenvalue weighted by atomic mass is 32.1. The lowest BCUT2D eigenvalue weighted by atomic mass is 10.0. The third kappa shape index (κ3) is 3.23. The molecule has 0 amide bonds. The first-order valence-corrected chi connectivity index (χ1v) is 10.0. The van der Waals surface area contributed by atoms with Crippen LogP contribution in [0.1, 0.15) is 42.1 Å². The van der Waals surface area contributed by atoms with Crippen molar-refractivity contribution in [1.82, 2.24) is 19.5 Å².